The van der Waals surface area contributed by atoms with E-state index >= 15 is 0 Å². The van der Waals surface area contributed by atoms with E-state index in [1.807, 2.05) is 0 Å². The van der Waals surface area contributed by atoms with Gasteiger partial charge in [0.05, 0.1) is 0 Å². The Labute approximate surface area is 82.9 Å². The minimum Gasteiger partial charge on any atom is -0.381 e. The monoisotopic (exact) mass is 190 g/mol. The van der Waals surface area contributed by atoms with Crippen molar-refractivity contribution < 1.29 is 0 Å². The molecule has 1 aromatic heterocycles. The molecular formula is C10H14N4. The highest BCUT2D eigenvalue weighted by molar-refractivity contribution is 5.55. The Balaban J connectivity index is 1.74. The smallest absolute Gasteiger partial charge is 0.169 e. The van der Waals surface area contributed by atoms with Crippen molar-refractivity contribution >= 4 is 11.6 Å². The van der Waals surface area contributed by atoms with Gasteiger partial charge in [0.1, 0.15) is 0 Å². The lowest BCUT2D eigenvalue weighted by Crippen LogP contribution is -2.20. The van der Waals surface area contributed by atoms with Crippen LogP contribution in [-0.4, -0.2) is 16.0 Å². The fourth-order valence-electron chi connectivity index (χ4n) is 2.52. The van der Waals surface area contributed by atoms with Crippen LogP contribution in [0.25, 0.3) is 0 Å². The van der Waals surface area contributed by atoms with Gasteiger partial charge in [-0.05, 0) is 31.1 Å². The van der Waals surface area contributed by atoms with Crippen molar-refractivity contribution in [1.82, 2.24) is 9.97 Å². The lowest BCUT2D eigenvalue weighted by molar-refractivity contribution is 0.651. The third-order valence-corrected chi connectivity index (χ3v) is 3.39. The van der Waals surface area contributed by atoms with Gasteiger partial charge in [0.15, 0.2) is 11.6 Å². The Kier molecular flexibility index (Phi) is 1.63. The number of fused-ring (bicyclic) bond motifs is 1. The van der Waals surface area contributed by atoms with Gasteiger partial charge in [-0.3, -0.25) is 0 Å². The van der Waals surface area contributed by atoms with Crippen LogP contribution < -0.4 is 11.1 Å². The Hall–Kier alpha value is -1.32. The molecular weight excluding hydrogens is 176 g/mol. The van der Waals surface area contributed by atoms with E-state index in [0.717, 1.165) is 17.7 Å². The van der Waals surface area contributed by atoms with E-state index in [1.54, 1.807) is 12.4 Å². The van der Waals surface area contributed by atoms with Crippen LogP contribution in [-0.2, 0) is 0 Å². The van der Waals surface area contributed by atoms with Gasteiger partial charge in [-0.1, -0.05) is 0 Å². The Bertz CT molecular complexity index is 352. The van der Waals surface area contributed by atoms with Crippen molar-refractivity contribution in [1.29, 1.82) is 0 Å². The highest BCUT2D eigenvalue weighted by Gasteiger charge is 2.48. The quantitative estimate of drug-likeness (QED) is 0.737. The third-order valence-electron chi connectivity index (χ3n) is 3.39. The van der Waals surface area contributed by atoms with Gasteiger partial charge in [-0.15, -0.1) is 0 Å². The summed E-state index contributed by atoms with van der Waals surface area (Å²) in [6.45, 7) is 0. The summed E-state index contributed by atoms with van der Waals surface area (Å²) in [5, 5.41) is 3.40. The molecule has 0 bridgehead atoms. The molecule has 14 heavy (non-hydrogen) atoms. The lowest BCUT2D eigenvalue weighted by atomic mass is 10.2. The molecule has 4 heteroatoms. The molecule has 2 saturated carbocycles. The molecule has 2 aliphatic rings. The van der Waals surface area contributed by atoms with Gasteiger partial charge in [0.2, 0.25) is 0 Å². The highest BCUT2D eigenvalue weighted by atomic mass is 15.1. The Morgan fingerprint density at radius 1 is 1.29 bits per heavy atom. The second kappa shape index (κ2) is 2.83. The minimum atomic E-state index is 0.511. The van der Waals surface area contributed by atoms with Gasteiger partial charge < -0.3 is 11.1 Å². The van der Waals surface area contributed by atoms with E-state index in [9.17, 15) is 0 Å². The molecule has 1 aromatic rings. The molecule has 74 valence electrons. The van der Waals surface area contributed by atoms with Crippen molar-refractivity contribution in [2.45, 2.75) is 25.3 Å². The first-order chi connectivity index (χ1) is 6.84. The second-order valence-corrected chi connectivity index (χ2v) is 4.28. The number of anilines is 2. The number of aromatic nitrogens is 2. The lowest BCUT2D eigenvalue weighted by Gasteiger charge is -2.15. The predicted octanol–water partition coefficient (Wildman–Crippen LogP) is 1.27. The number of hydrogen-bond acceptors (Lipinski definition) is 4. The number of nitrogens with zero attached hydrogens (tertiary/aromatic N) is 2. The van der Waals surface area contributed by atoms with E-state index in [1.165, 1.54) is 19.3 Å². The molecule has 0 aliphatic heterocycles. The molecule has 3 unspecified atom stereocenters. The topological polar surface area (TPSA) is 63.8 Å². The third kappa shape index (κ3) is 1.22. The molecule has 3 atom stereocenters. The summed E-state index contributed by atoms with van der Waals surface area (Å²) < 4.78 is 0. The van der Waals surface area contributed by atoms with Crippen molar-refractivity contribution in [3.63, 3.8) is 0 Å². The predicted molar refractivity (Wildman–Crippen MR) is 54.7 cm³/mol. The number of nitrogens with two attached hydrogens (primary N) is 1. The zero-order chi connectivity index (χ0) is 9.54. The van der Waals surface area contributed by atoms with Gasteiger partial charge in [0, 0.05) is 18.4 Å². The zero-order valence-corrected chi connectivity index (χ0v) is 7.98. The molecule has 4 nitrogen and oxygen atoms in total. The van der Waals surface area contributed by atoms with Gasteiger partial charge in [-0.2, -0.15) is 0 Å². The molecule has 2 fully saturated rings. The van der Waals surface area contributed by atoms with Crippen LogP contribution in [0.4, 0.5) is 11.6 Å². The summed E-state index contributed by atoms with van der Waals surface area (Å²) in [5.41, 5.74) is 5.72. The summed E-state index contributed by atoms with van der Waals surface area (Å²) in [5.74, 6) is 3.11. The van der Waals surface area contributed by atoms with Crippen LogP contribution in [0.3, 0.4) is 0 Å². The Morgan fingerprint density at radius 2 is 2.14 bits per heavy atom. The van der Waals surface area contributed by atoms with Crippen LogP contribution in [0.5, 0.6) is 0 Å². The highest BCUT2D eigenvalue weighted by Crippen LogP contribution is 2.52. The van der Waals surface area contributed by atoms with E-state index in [0.29, 0.717) is 11.9 Å². The summed E-state index contributed by atoms with van der Waals surface area (Å²) in [4.78, 5) is 8.21. The second-order valence-electron chi connectivity index (χ2n) is 4.28. The van der Waals surface area contributed by atoms with Crippen LogP contribution in [0, 0.1) is 11.8 Å². The molecule has 3 N–H and O–H groups in total. The van der Waals surface area contributed by atoms with Gasteiger partial charge >= 0.3 is 0 Å². The maximum Gasteiger partial charge on any atom is 0.169 e. The average molecular weight is 190 g/mol. The van der Waals surface area contributed by atoms with Gasteiger partial charge in [0.25, 0.3) is 0 Å². The van der Waals surface area contributed by atoms with E-state index in [-0.39, 0.29) is 0 Å². The number of hydrogen-bond donors (Lipinski definition) is 2. The van der Waals surface area contributed by atoms with Crippen LogP contribution in [0.2, 0.25) is 0 Å². The largest absolute Gasteiger partial charge is 0.381 e. The number of rotatable bonds is 2. The van der Waals surface area contributed by atoms with Crippen molar-refractivity contribution in [3.8, 4) is 0 Å². The molecule has 0 radical (unpaired) electrons. The summed E-state index contributed by atoms with van der Waals surface area (Å²) >= 11 is 0. The summed E-state index contributed by atoms with van der Waals surface area (Å²) in [6.07, 6.45) is 7.30. The molecule has 0 saturated heterocycles. The normalized spacial score (nSPS) is 33.9. The maximum atomic E-state index is 5.72. The molecule has 1 heterocycles. The SMILES string of the molecule is Nc1nccnc1NC1CCC2CC21. The maximum absolute atomic E-state index is 5.72. The van der Waals surface area contributed by atoms with Crippen molar-refractivity contribution in [2.75, 3.05) is 11.1 Å². The number of nitrogens with one attached hydrogen (secondary N) is 1. The standard InChI is InChI=1S/C10H14N4/c11-9-10(13-4-3-12-9)14-8-2-1-6-5-7(6)8/h3-4,6-8H,1-2,5H2,(H2,11,12)(H,13,14). The van der Waals surface area contributed by atoms with Crippen LogP contribution in [0.15, 0.2) is 12.4 Å². The summed E-state index contributed by atoms with van der Waals surface area (Å²) in [6, 6.07) is 0.582. The minimum absolute atomic E-state index is 0.511. The fraction of sp³-hybridized carbons (Fsp3) is 0.600. The fourth-order valence-corrected chi connectivity index (χ4v) is 2.52. The van der Waals surface area contributed by atoms with Crippen LogP contribution >= 0.6 is 0 Å². The molecule has 0 amide bonds. The van der Waals surface area contributed by atoms with Crippen molar-refractivity contribution in [3.05, 3.63) is 12.4 Å². The Morgan fingerprint density at radius 3 is 2.79 bits per heavy atom. The van der Waals surface area contributed by atoms with Gasteiger partial charge in [-0.25, -0.2) is 9.97 Å². The molecule has 0 aromatic carbocycles. The molecule has 3 rings (SSSR count). The van der Waals surface area contributed by atoms with E-state index in [4.69, 9.17) is 5.73 Å². The first-order valence-corrected chi connectivity index (χ1v) is 5.17. The van der Waals surface area contributed by atoms with E-state index < -0.39 is 0 Å². The van der Waals surface area contributed by atoms with Crippen molar-refractivity contribution in [2.24, 2.45) is 11.8 Å². The zero-order valence-electron chi connectivity index (χ0n) is 7.98. The molecule has 2 aliphatic carbocycles. The van der Waals surface area contributed by atoms with E-state index in [2.05, 4.69) is 15.3 Å². The molecule has 0 spiro atoms. The number of nitrogen functional groups attached to an aromatic ring is 1. The first kappa shape index (κ1) is 8.03. The first-order valence-electron chi connectivity index (χ1n) is 5.17. The summed E-state index contributed by atoms with van der Waals surface area (Å²) in [7, 11) is 0. The average Bonchev–Trinajstić information content (AvgIpc) is 2.87. The van der Waals surface area contributed by atoms with Crippen LogP contribution in [0.1, 0.15) is 19.3 Å².